The largest absolute Gasteiger partial charge is 0.302 e. The summed E-state index contributed by atoms with van der Waals surface area (Å²) in [6.07, 6.45) is 1.26. The average molecular weight is 164 g/mol. The fraction of sp³-hybridized carbons (Fsp3) is 0.778. The van der Waals surface area contributed by atoms with Gasteiger partial charge in [0.2, 0.25) is 0 Å². The van der Waals surface area contributed by atoms with Crippen molar-refractivity contribution in [1.29, 1.82) is 5.26 Å². The number of hydrogen-bond acceptors (Lipinski definition) is 3. The average Bonchev–Trinajstić information content (AvgIpc) is 2.64. The highest BCUT2D eigenvalue weighted by Gasteiger charge is 2.41. The molecule has 0 aromatic carbocycles. The van der Waals surface area contributed by atoms with E-state index in [1.807, 2.05) is 6.07 Å². The lowest BCUT2D eigenvalue weighted by atomic mass is 9.88. The van der Waals surface area contributed by atoms with Gasteiger partial charge in [-0.05, 0) is 18.9 Å². The number of fused-ring (bicyclic) bond motifs is 2. The highest BCUT2D eigenvalue weighted by molar-refractivity contribution is 5.83. The molecule has 3 atom stereocenters. The number of ketones is 1. The van der Waals surface area contributed by atoms with Gasteiger partial charge in [0.15, 0.2) is 5.78 Å². The maximum absolute atomic E-state index is 11.4. The van der Waals surface area contributed by atoms with Crippen LogP contribution in [0.3, 0.4) is 0 Å². The van der Waals surface area contributed by atoms with Crippen LogP contribution in [-0.2, 0) is 4.79 Å². The molecule has 0 aromatic rings. The highest BCUT2D eigenvalue weighted by atomic mass is 16.1. The number of hydrogen-bond donors (Lipinski definition) is 0. The molecule has 2 fully saturated rings. The maximum atomic E-state index is 11.4. The summed E-state index contributed by atoms with van der Waals surface area (Å²) in [5, 5.41) is 8.38. The lowest BCUT2D eigenvalue weighted by Crippen LogP contribution is -2.29. The second-order valence-electron chi connectivity index (χ2n) is 3.72. The van der Waals surface area contributed by atoms with Gasteiger partial charge in [-0.25, -0.2) is 0 Å². The van der Waals surface area contributed by atoms with Crippen LogP contribution in [0, 0.1) is 23.2 Å². The fourth-order valence-electron chi connectivity index (χ4n) is 2.36. The molecule has 64 valence electrons. The predicted octanol–water partition coefficient (Wildman–Crippen LogP) is 0.421. The molecular formula is C9H12N2O. The minimum atomic E-state index is 0.106. The molecule has 0 aromatic heterocycles. The minimum Gasteiger partial charge on any atom is -0.302 e. The number of carbonyl (C=O) groups is 1. The SMILES string of the molecule is N#CCC(=O)C1CN2CCC1C2. The third-order valence-electron chi connectivity index (χ3n) is 3.00. The van der Waals surface area contributed by atoms with Gasteiger partial charge in [-0.15, -0.1) is 0 Å². The summed E-state index contributed by atoms with van der Waals surface area (Å²) < 4.78 is 0. The first-order valence-electron chi connectivity index (χ1n) is 4.43. The number of rotatable bonds is 2. The zero-order valence-corrected chi connectivity index (χ0v) is 6.99. The molecule has 0 N–H and O–H groups in total. The summed E-state index contributed by atoms with van der Waals surface area (Å²) in [7, 11) is 0. The van der Waals surface area contributed by atoms with Crippen LogP contribution >= 0.6 is 0 Å². The van der Waals surface area contributed by atoms with Gasteiger partial charge in [-0.1, -0.05) is 0 Å². The predicted molar refractivity (Wildman–Crippen MR) is 43.3 cm³/mol. The number of nitriles is 1. The van der Waals surface area contributed by atoms with Gasteiger partial charge >= 0.3 is 0 Å². The van der Waals surface area contributed by atoms with Crippen molar-refractivity contribution in [3.8, 4) is 6.07 Å². The second kappa shape index (κ2) is 2.87. The molecule has 3 heteroatoms. The monoisotopic (exact) mass is 164 g/mol. The van der Waals surface area contributed by atoms with Gasteiger partial charge in [0.05, 0.1) is 12.5 Å². The zero-order valence-electron chi connectivity index (χ0n) is 6.99. The molecule has 2 aliphatic heterocycles. The molecule has 2 saturated heterocycles. The van der Waals surface area contributed by atoms with E-state index in [1.165, 1.54) is 0 Å². The number of Topliss-reactive ketones (excluding diaryl/α,β-unsaturated/α-hetero) is 1. The third kappa shape index (κ3) is 1.12. The normalized spacial score (nSPS) is 38.1. The van der Waals surface area contributed by atoms with Crippen LogP contribution in [0.1, 0.15) is 12.8 Å². The summed E-state index contributed by atoms with van der Waals surface area (Å²) in [4.78, 5) is 13.7. The van der Waals surface area contributed by atoms with E-state index in [-0.39, 0.29) is 18.1 Å². The molecular weight excluding hydrogens is 152 g/mol. The Hall–Kier alpha value is -0.880. The molecule has 2 bridgehead atoms. The minimum absolute atomic E-state index is 0.106. The summed E-state index contributed by atoms with van der Waals surface area (Å²) in [5.74, 6) is 0.897. The molecule has 3 nitrogen and oxygen atoms in total. The smallest absolute Gasteiger partial charge is 0.151 e. The Morgan fingerprint density at radius 3 is 2.92 bits per heavy atom. The number of carbonyl (C=O) groups excluding carboxylic acids is 1. The van der Waals surface area contributed by atoms with Crippen molar-refractivity contribution >= 4 is 5.78 Å². The zero-order chi connectivity index (χ0) is 8.55. The van der Waals surface area contributed by atoms with Crippen molar-refractivity contribution in [1.82, 2.24) is 4.90 Å². The van der Waals surface area contributed by atoms with Crippen molar-refractivity contribution < 1.29 is 4.79 Å². The third-order valence-corrected chi connectivity index (χ3v) is 3.00. The van der Waals surface area contributed by atoms with E-state index in [0.717, 1.165) is 26.1 Å². The van der Waals surface area contributed by atoms with E-state index in [0.29, 0.717) is 5.92 Å². The van der Waals surface area contributed by atoms with E-state index >= 15 is 0 Å². The molecule has 0 radical (unpaired) electrons. The summed E-state index contributed by atoms with van der Waals surface area (Å²) in [6, 6.07) is 1.94. The van der Waals surface area contributed by atoms with Gasteiger partial charge < -0.3 is 4.90 Å². The Balaban J connectivity index is 1.99. The molecule has 2 rings (SSSR count). The molecule has 2 aliphatic rings. The van der Waals surface area contributed by atoms with Crippen molar-refractivity contribution in [2.75, 3.05) is 19.6 Å². The van der Waals surface area contributed by atoms with E-state index in [2.05, 4.69) is 4.90 Å². The van der Waals surface area contributed by atoms with Gasteiger partial charge in [-0.2, -0.15) is 5.26 Å². The van der Waals surface area contributed by atoms with Crippen molar-refractivity contribution in [2.24, 2.45) is 11.8 Å². The lowest BCUT2D eigenvalue weighted by molar-refractivity contribution is -0.123. The van der Waals surface area contributed by atoms with Crippen molar-refractivity contribution in [3.05, 3.63) is 0 Å². The quantitative estimate of drug-likeness (QED) is 0.594. The van der Waals surface area contributed by atoms with Gasteiger partial charge in [0, 0.05) is 19.0 Å². The van der Waals surface area contributed by atoms with Crippen LogP contribution in [0.2, 0.25) is 0 Å². The molecule has 0 saturated carbocycles. The van der Waals surface area contributed by atoms with E-state index < -0.39 is 0 Å². The first-order valence-corrected chi connectivity index (χ1v) is 4.43. The van der Waals surface area contributed by atoms with Crippen LogP contribution < -0.4 is 0 Å². The van der Waals surface area contributed by atoms with E-state index in [1.54, 1.807) is 0 Å². The van der Waals surface area contributed by atoms with Gasteiger partial charge in [-0.3, -0.25) is 4.79 Å². The van der Waals surface area contributed by atoms with Crippen molar-refractivity contribution in [3.63, 3.8) is 0 Å². The Labute approximate surface area is 72.0 Å². The standard InChI is InChI=1S/C9H12N2O/c10-3-1-9(12)8-6-11-4-2-7(8)5-11/h7-8H,1-2,4-6H2. The number of nitrogens with zero attached hydrogens (tertiary/aromatic N) is 2. The van der Waals surface area contributed by atoms with Crippen LogP contribution in [0.4, 0.5) is 0 Å². The Morgan fingerprint density at radius 1 is 1.58 bits per heavy atom. The van der Waals surface area contributed by atoms with Crippen molar-refractivity contribution in [2.45, 2.75) is 12.8 Å². The molecule has 0 aliphatic carbocycles. The lowest BCUT2D eigenvalue weighted by Gasteiger charge is -2.19. The topological polar surface area (TPSA) is 44.1 Å². The molecule has 0 spiro atoms. The summed E-state index contributed by atoms with van der Waals surface area (Å²) in [5.41, 5.74) is 0. The Bertz CT molecular complexity index is 243. The molecule has 12 heavy (non-hydrogen) atoms. The summed E-state index contributed by atoms with van der Waals surface area (Å²) in [6.45, 7) is 3.15. The van der Waals surface area contributed by atoms with Crippen LogP contribution in [-0.4, -0.2) is 30.3 Å². The van der Waals surface area contributed by atoms with Crippen LogP contribution in [0.5, 0.6) is 0 Å². The van der Waals surface area contributed by atoms with Gasteiger partial charge in [0.1, 0.15) is 0 Å². The van der Waals surface area contributed by atoms with E-state index in [4.69, 9.17) is 5.26 Å². The maximum Gasteiger partial charge on any atom is 0.151 e. The van der Waals surface area contributed by atoms with Crippen LogP contribution in [0.15, 0.2) is 0 Å². The fourth-order valence-corrected chi connectivity index (χ4v) is 2.36. The first-order chi connectivity index (χ1) is 5.81. The molecule has 0 amide bonds. The Kier molecular flexibility index (Phi) is 1.86. The summed E-state index contributed by atoms with van der Waals surface area (Å²) >= 11 is 0. The van der Waals surface area contributed by atoms with Crippen LogP contribution in [0.25, 0.3) is 0 Å². The van der Waals surface area contributed by atoms with Gasteiger partial charge in [0.25, 0.3) is 0 Å². The molecule has 2 heterocycles. The van der Waals surface area contributed by atoms with E-state index in [9.17, 15) is 4.79 Å². The first kappa shape index (κ1) is 7.75. The number of piperidine rings is 1. The highest BCUT2D eigenvalue weighted by Crippen LogP contribution is 2.33. The second-order valence-corrected chi connectivity index (χ2v) is 3.72. The molecule has 3 unspecified atom stereocenters. The Morgan fingerprint density at radius 2 is 2.42 bits per heavy atom.